The van der Waals surface area contributed by atoms with Crippen LogP contribution in [0, 0.1) is 5.82 Å². The fourth-order valence-corrected chi connectivity index (χ4v) is 6.03. The summed E-state index contributed by atoms with van der Waals surface area (Å²) >= 11 is 0. The van der Waals surface area contributed by atoms with Crippen molar-refractivity contribution in [3.05, 3.63) is 59.9 Å². The summed E-state index contributed by atoms with van der Waals surface area (Å²) in [5, 5.41) is 2.65. The average Bonchev–Trinajstić information content (AvgIpc) is 3.30. The van der Waals surface area contributed by atoms with Crippen LogP contribution in [0.5, 0.6) is 0 Å². The maximum atomic E-state index is 13.0. The van der Waals surface area contributed by atoms with E-state index >= 15 is 0 Å². The van der Waals surface area contributed by atoms with E-state index in [4.69, 9.17) is 0 Å². The summed E-state index contributed by atoms with van der Waals surface area (Å²) in [7, 11) is -6.10. The Morgan fingerprint density at radius 3 is 2.12 bits per heavy atom. The van der Waals surface area contributed by atoms with Gasteiger partial charge in [0.2, 0.25) is 26.0 Å². The van der Waals surface area contributed by atoms with Gasteiger partial charge in [0, 0.05) is 26.7 Å². The molecule has 1 saturated heterocycles. The maximum Gasteiger partial charge on any atom is 0.243 e. The Bertz CT molecular complexity index is 1140. The predicted molar refractivity (Wildman–Crippen MR) is 117 cm³/mol. The number of nitrogens with zero attached hydrogens (tertiary/aromatic N) is 2. The molecule has 2 aromatic carbocycles. The number of benzene rings is 2. The summed E-state index contributed by atoms with van der Waals surface area (Å²) in [6.45, 7) is 0.969. The molecular weight excluding hydrogens is 457 g/mol. The second-order valence-corrected chi connectivity index (χ2v) is 11.6. The number of amides is 1. The molecule has 1 aliphatic rings. The number of sulfonamides is 2. The van der Waals surface area contributed by atoms with Crippen LogP contribution in [0.1, 0.15) is 18.4 Å². The molecule has 1 amide bonds. The zero-order valence-electron chi connectivity index (χ0n) is 17.7. The van der Waals surface area contributed by atoms with Gasteiger partial charge in [-0.1, -0.05) is 12.1 Å². The molecule has 1 N–H and O–H groups in total. The number of likely N-dealkylation sites (N-methyl/N-ethyl adjacent to an activating group) is 1. The first-order valence-corrected chi connectivity index (χ1v) is 13.1. The molecule has 1 aliphatic heterocycles. The monoisotopic (exact) mass is 483 g/mol. The molecule has 1 fully saturated rings. The fourth-order valence-electron chi connectivity index (χ4n) is 3.38. The van der Waals surface area contributed by atoms with E-state index in [1.807, 2.05) is 0 Å². The summed E-state index contributed by atoms with van der Waals surface area (Å²) < 4.78 is 65.4. The van der Waals surface area contributed by atoms with Gasteiger partial charge in [0.15, 0.2) is 0 Å². The molecule has 174 valence electrons. The zero-order valence-corrected chi connectivity index (χ0v) is 19.3. The molecule has 0 aromatic heterocycles. The van der Waals surface area contributed by atoms with Crippen molar-refractivity contribution in [2.24, 2.45) is 0 Å². The molecule has 0 bridgehead atoms. The van der Waals surface area contributed by atoms with Gasteiger partial charge in [0.05, 0.1) is 16.3 Å². The molecular formula is C21H26FN3O5S2. The lowest BCUT2D eigenvalue weighted by molar-refractivity contribution is -0.121. The molecule has 0 spiro atoms. The highest BCUT2D eigenvalue weighted by Crippen LogP contribution is 2.21. The van der Waals surface area contributed by atoms with Crippen LogP contribution in [0.3, 0.4) is 0 Å². The van der Waals surface area contributed by atoms with Gasteiger partial charge >= 0.3 is 0 Å². The second-order valence-electron chi connectivity index (χ2n) is 7.57. The minimum Gasteiger partial charge on any atom is -0.355 e. The normalized spacial score (nSPS) is 15.2. The van der Waals surface area contributed by atoms with E-state index in [9.17, 15) is 26.0 Å². The fraction of sp³-hybridized carbons (Fsp3) is 0.381. The Balaban J connectivity index is 1.49. The van der Waals surface area contributed by atoms with Crippen molar-refractivity contribution in [3.8, 4) is 0 Å². The molecule has 32 heavy (non-hydrogen) atoms. The third-order valence-corrected chi connectivity index (χ3v) is 8.98. The van der Waals surface area contributed by atoms with Gasteiger partial charge in [-0.15, -0.1) is 0 Å². The van der Waals surface area contributed by atoms with E-state index in [2.05, 4.69) is 5.32 Å². The molecule has 0 atom stereocenters. The van der Waals surface area contributed by atoms with Crippen molar-refractivity contribution in [3.63, 3.8) is 0 Å². The number of halogens is 1. The van der Waals surface area contributed by atoms with Gasteiger partial charge in [-0.3, -0.25) is 4.79 Å². The van der Waals surface area contributed by atoms with E-state index in [0.717, 1.165) is 47.0 Å². The lowest BCUT2D eigenvalue weighted by Crippen LogP contribution is -2.39. The van der Waals surface area contributed by atoms with Crippen molar-refractivity contribution < 1.29 is 26.0 Å². The van der Waals surface area contributed by atoms with E-state index in [1.165, 1.54) is 11.4 Å². The predicted octanol–water partition coefficient (Wildman–Crippen LogP) is 1.59. The van der Waals surface area contributed by atoms with Crippen LogP contribution in [0.2, 0.25) is 0 Å². The minimum atomic E-state index is -3.91. The maximum absolute atomic E-state index is 13.0. The third kappa shape index (κ3) is 5.71. The summed E-state index contributed by atoms with van der Waals surface area (Å²) in [6.07, 6.45) is 2.21. The first-order valence-electron chi connectivity index (χ1n) is 10.2. The highest BCUT2D eigenvalue weighted by Gasteiger charge is 2.27. The van der Waals surface area contributed by atoms with Gasteiger partial charge in [-0.05, 0) is 61.2 Å². The molecule has 0 saturated carbocycles. The zero-order chi connectivity index (χ0) is 23.4. The molecule has 0 unspecified atom stereocenters. The second kappa shape index (κ2) is 10.1. The lowest BCUT2D eigenvalue weighted by Gasteiger charge is -2.17. The number of rotatable bonds is 9. The largest absolute Gasteiger partial charge is 0.355 e. The smallest absolute Gasteiger partial charge is 0.243 e. The number of hydrogen-bond donors (Lipinski definition) is 1. The van der Waals surface area contributed by atoms with Gasteiger partial charge in [0.1, 0.15) is 5.82 Å². The van der Waals surface area contributed by atoms with Crippen molar-refractivity contribution in [1.82, 2.24) is 13.9 Å². The minimum absolute atomic E-state index is 0.0989. The van der Waals surface area contributed by atoms with Gasteiger partial charge in [-0.2, -0.15) is 8.61 Å². The van der Waals surface area contributed by atoms with Crippen LogP contribution in [0.4, 0.5) is 4.39 Å². The van der Waals surface area contributed by atoms with Crippen molar-refractivity contribution >= 4 is 26.0 Å². The molecule has 8 nitrogen and oxygen atoms in total. The first-order chi connectivity index (χ1) is 15.1. The molecule has 3 rings (SSSR count). The number of hydrogen-bond acceptors (Lipinski definition) is 5. The van der Waals surface area contributed by atoms with Crippen LogP contribution >= 0.6 is 0 Å². The summed E-state index contributed by atoms with van der Waals surface area (Å²) in [5.74, 6) is -1.03. The highest BCUT2D eigenvalue weighted by molar-refractivity contribution is 7.89. The number of nitrogens with one attached hydrogen (secondary N) is 1. The van der Waals surface area contributed by atoms with Gasteiger partial charge in [-0.25, -0.2) is 21.2 Å². The van der Waals surface area contributed by atoms with Gasteiger partial charge < -0.3 is 5.32 Å². The van der Waals surface area contributed by atoms with Crippen molar-refractivity contribution in [1.29, 1.82) is 0 Å². The third-order valence-electron chi connectivity index (χ3n) is 5.25. The standard InChI is InChI=1S/C21H26FN3O5S2/c1-24(31(27,28)19-10-6-18(22)7-11-19)16-21(26)23-13-12-17-4-8-20(9-5-17)32(29,30)25-14-2-3-15-25/h4-11H,2-3,12-16H2,1H3,(H,23,26). The van der Waals surface area contributed by atoms with Crippen molar-refractivity contribution in [2.45, 2.75) is 29.1 Å². The van der Waals surface area contributed by atoms with Crippen molar-refractivity contribution in [2.75, 3.05) is 33.2 Å². The Morgan fingerprint density at radius 2 is 1.53 bits per heavy atom. The quantitative estimate of drug-likeness (QED) is 0.583. The van der Waals surface area contributed by atoms with Crippen LogP contribution in [-0.2, 0) is 31.3 Å². The molecule has 0 radical (unpaired) electrons. The van der Waals surface area contributed by atoms with Crippen LogP contribution in [0.25, 0.3) is 0 Å². The molecule has 0 aliphatic carbocycles. The Labute approximate surface area is 188 Å². The SMILES string of the molecule is CN(CC(=O)NCCc1ccc(S(=O)(=O)N2CCCC2)cc1)S(=O)(=O)c1ccc(F)cc1. The Kier molecular flexibility index (Phi) is 7.65. The van der Waals surface area contributed by atoms with Gasteiger partial charge in [0.25, 0.3) is 0 Å². The molecule has 1 heterocycles. The number of carbonyl (C=O) groups is 1. The summed E-state index contributed by atoms with van der Waals surface area (Å²) in [5.41, 5.74) is 0.845. The highest BCUT2D eigenvalue weighted by atomic mass is 32.2. The Hall–Kier alpha value is -2.34. The van der Waals surface area contributed by atoms with Crippen LogP contribution in [-0.4, -0.2) is 64.6 Å². The van der Waals surface area contributed by atoms with E-state index in [0.29, 0.717) is 19.5 Å². The van der Waals surface area contributed by atoms with Crippen LogP contribution in [0.15, 0.2) is 58.3 Å². The topological polar surface area (TPSA) is 104 Å². The lowest BCUT2D eigenvalue weighted by atomic mass is 10.1. The first kappa shape index (κ1) is 24.3. The summed E-state index contributed by atoms with van der Waals surface area (Å²) in [6, 6.07) is 10.9. The van der Waals surface area contributed by atoms with Crippen LogP contribution < -0.4 is 5.32 Å². The molecule has 11 heteroatoms. The number of carbonyl (C=O) groups excluding carboxylic acids is 1. The molecule has 2 aromatic rings. The Morgan fingerprint density at radius 1 is 0.969 bits per heavy atom. The summed E-state index contributed by atoms with van der Waals surface area (Å²) in [4.78, 5) is 12.3. The van der Waals surface area contributed by atoms with E-state index in [1.54, 1.807) is 24.3 Å². The van der Waals surface area contributed by atoms with E-state index in [-0.39, 0.29) is 22.9 Å². The average molecular weight is 484 g/mol. The van der Waals surface area contributed by atoms with E-state index < -0.39 is 31.8 Å².